The number of hydrogen-bond acceptors (Lipinski definition) is 7. The van der Waals surface area contributed by atoms with E-state index in [1.807, 2.05) is 50.4 Å². The van der Waals surface area contributed by atoms with Crippen LogP contribution in [0.25, 0.3) is 11.1 Å². The van der Waals surface area contributed by atoms with Crippen LogP contribution in [-0.2, 0) is 23.2 Å². The summed E-state index contributed by atoms with van der Waals surface area (Å²) in [7, 11) is 3.39. The molecule has 2 N–H and O–H groups in total. The third-order valence-corrected chi connectivity index (χ3v) is 11.9. The fourth-order valence-electron chi connectivity index (χ4n) is 7.77. The minimum Gasteiger partial charge on any atom is -0.496 e. The van der Waals surface area contributed by atoms with Crippen LogP contribution in [0.2, 0.25) is 10.0 Å². The Morgan fingerprint density at radius 2 is 1.71 bits per heavy atom. The van der Waals surface area contributed by atoms with E-state index in [2.05, 4.69) is 20.4 Å². The lowest BCUT2D eigenvalue weighted by Crippen LogP contribution is -2.47. The van der Waals surface area contributed by atoms with Crippen LogP contribution in [0, 0.1) is 19.8 Å². The highest BCUT2D eigenvalue weighted by Gasteiger charge is 2.36. The number of aromatic nitrogens is 1. The van der Waals surface area contributed by atoms with Crippen molar-refractivity contribution in [1.82, 2.24) is 14.8 Å². The van der Waals surface area contributed by atoms with Crippen LogP contribution in [0.3, 0.4) is 0 Å². The molecule has 0 bridgehead atoms. The number of nitrogens with one attached hydrogen (secondary N) is 2. The molecular formula is C39H48Cl2FN5O4. The zero-order chi connectivity index (χ0) is 36.4. The molecule has 3 aliphatic heterocycles. The normalized spacial score (nSPS) is 20.0. The first kappa shape index (κ1) is 37.2. The van der Waals surface area contributed by atoms with Crippen LogP contribution in [0.1, 0.15) is 68.1 Å². The van der Waals surface area contributed by atoms with Gasteiger partial charge in [0.15, 0.2) is 0 Å². The number of carbonyl (C=O) groups excluding carboxylic acids is 2. The zero-order valence-corrected chi connectivity index (χ0v) is 31.4. The number of amides is 2. The van der Waals surface area contributed by atoms with Crippen molar-refractivity contribution in [3.8, 4) is 16.9 Å². The molecule has 3 saturated heterocycles. The summed E-state index contributed by atoms with van der Waals surface area (Å²) in [4.78, 5) is 40.5. The van der Waals surface area contributed by atoms with Crippen molar-refractivity contribution in [1.29, 1.82) is 0 Å². The number of methoxy groups -OCH3 is 1. The molecule has 4 heterocycles. The SMILES string of the molecule is COc1cc(-c2cn(C)c(=O)c(C)c2C)cc(Cl)c1CN1CCC(F)(CCC2CCN(c3ccc(NC4CCC(=O)NC4=O)cc3Cl)CC2)CC1. The number of rotatable bonds is 10. The number of benzene rings is 2. The second kappa shape index (κ2) is 15.6. The Hall–Kier alpha value is -3.60. The van der Waals surface area contributed by atoms with Crippen molar-refractivity contribution < 1.29 is 18.7 Å². The topological polar surface area (TPSA) is 95.9 Å². The van der Waals surface area contributed by atoms with E-state index in [0.29, 0.717) is 79.0 Å². The number of likely N-dealkylation sites (tertiary alicyclic amines) is 1. The number of aryl methyl sites for hydroxylation is 1. The van der Waals surface area contributed by atoms with Crippen molar-refractivity contribution in [3.05, 3.63) is 73.6 Å². The summed E-state index contributed by atoms with van der Waals surface area (Å²) < 4.78 is 23.5. The van der Waals surface area contributed by atoms with Crippen LogP contribution in [0.4, 0.5) is 15.8 Å². The van der Waals surface area contributed by atoms with E-state index in [4.69, 9.17) is 27.9 Å². The number of imide groups is 1. The molecule has 2 aromatic carbocycles. The summed E-state index contributed by atoms with van der Waals surface area (Å²) >= 11 is 13.5. The van der Waals surface area contributed by atoms with Gasteiger partial charge in [-0.25, -0.2) is 4.39 Å². The van der Waals surface area contributed by atoms with E-state index < -0.39 is 11.7 Å². The lowest BCUT2D eigenvalue weighted by molar-refractivity contribution is -0.133. The number of hydrogen-bond donors (Lipinski definition) is 2. The van der Waals surface area contributed by atoms with Gasteiger partial charge in [-0.05, 0) is 106 Å². The first-order valence-electron chi connectivity index (χ1n) is 17.9. The number of pyridine rings is 1. The monoisotopic (exact) mass is 739 g/mol. The molecule has 3 aliphatic rings. The van der Waals surface area contributed by atoms with Crippen molar-refractivity contribution in [3.63, 3.8) is 0 Å². The molecule has 0 saturated carbocycles. The smallest absolute Gasteiger partial charge is 0.253 e. The minimum absolute atomic E-state index is 0.0157. The van der Waals surface area contributed by atoms with E-state index in [1.165, 1.54) is 0 Å². The molecule has 2 amide bonds. The van der Waals surface area contributed by atoms with Gasteiger partial charge in [0.25, 0.3) is 5.56 Å². The number of alkyl halides is 1. The summed E-state index contributed by atoms with van der Waals surface area (Å²) in [5.41, 5.74) is 4.87. The average molecular weight is 741 g/mol. The Morgan fingerprint density at radius 3 is 2.37 bits per heavy atom. The first-order chi connectivity index (χ1) is 24.3. The predicted molar refractivity (Wildman–Crippen MR) is 202 cm³/mol. The Labute approximate surface area is 309 Å². The highest BCUT2D eigenvalue weighted by Crippen LogP contribution is 2.39. The van der Waals surface area contributed by atoms with Gasteiger partial charge < -0.3 is 19.5 Å². The summed E-state index contributed by atoms with van der Waals surface area (Å²) in [6, 6.07) is 9.20. The number of nitrogens with zero attached hydrogens (tertiary/aromatic N) is 3. The minimum atomic E-state index is -1.17. The molecule has 1 unspecified atom stereocenters. The second-order valence-corrected chi connectivity index (χ2v) is 15.4. The average Bonchev–Trinajstić information content (AvgIpc) is 3.11. The molecule has 12 heteroatoms. The molecule has 3 fully saturated rings. The molecule has 51 heavy (non-hydrogen) atoms. The van der Waals surface area contributed by atoms with Gasteiger partial charge in [-0.1, -0.05) is 23.2 Å². The standard InChI is InChI=1S/C39H48Cl2FN5O4/c1-24-25(2)38(50)45(3)22-29(24)27-19-31(40)30(35(20-27)51-4)23-46-17-13-39(42,14-18-46)12-9-26-10-15-47(16-11-26)34-7-5-28(21-32(34)41)43-33-6-8-36(48)44-37(33)49/h5,7,19-22,26,33,43H,6,8-18,23H2,1-4H3,(H,44,48,49). The predicted octanol–water partition coefficient (Wildman–Crippen LogP) is 7.20. The van der Waals surface area contributed by atoms with E-state index in [-0.39, 0.29) is 17.4 Å². The molecule has 0 aliphatic carbocycles. The molecule has 9 nitrogen and oxygen atoms in total. The quantitative estimate of drug-likeness (QED) is 0.213. The van der Waals surface area contributed by atoms with Crippen LogP contribution in [0.15, 0.2) is 41.3 Å². The number of ether oxygens (including phenoxy) is 1. The van der Waals surface area contributed by atoms with Crippen molar-refractivity contribution in [2.75, 3.05) is 43.5 Å². The summed E-state index contributed by atoms with van der Waals surface area (Å²) in [5, 5.41) is 6.77. The Morgan fingerprint density at radius 1 is 0.980 bits per heavy atom. The van der Waals surface area contributed by atoms with Gasteiger partial charge in [0.2, 0.25) is 11.8 Å². The molecule has 6 rings (SSSR count). The number of halogens is 3. The summed E-state index contributed by atoms with van der Waals surface area (Å²) in [5.74, 6) is 0.606. The molecule has 1 atom stereocenters. The highest BCUT2D eigenvalue weighted by molar-refractivity contribution is 6.33. The zero-order valence-electron chi connectivity index (χ0n) is 29.9. The van der Waals surface area contributed by atoms with E-state index in [1.54, 1.807) is 18.7 Å². The van der Waals surface area contributed by atoms with Gasteiger partial charge in [-0.2, -0.15) is 0 Å². The van der Waals surface area contributed by atoms with Crippen LogP contribution < -0.4 is 25.8 Å². The first-order valence-corrected chi connectivity index (χ1v) is 18.7. The molecule has 274 valence electrons. The number of anilines is 2. The molecular weight excluding hydrogens is 692 g/mol. The largest absolute Gasteiger partial charge is 0.496 e. The maximum atomic E-state index is 16.1. The van der Waals surface area contributed by atoms with E-state index >= 15 is 4.39 Å². The van der Waals surface area contributed by atoms with Crippen LogP contribution in [-0.4, -0.2) is 66.3 Å². The third-order valence-electron chi connectivity index (χ3n) is 11.2. The molecule has 1 aromatic heterocycles. The van der Waals surface area contributed by atoms with Crippen molar-refractivity contribution in [2.24, 2.45) is 13.0 Å². The van der Waals surface area contributed by atoms with Gasteiger partial charge in [0.05, 0.1) is 17.8 Å². The fraction of sp³-hybridized carbons (Fsp3) is 0.513. The van der Waals surface area contributed by atoms with Gasteiger partial charge in [-0.3, -0.25) is 24.6 Å². The highest BCUT2D eigenvalue weighted by atomic mass is 35.5. The maximum Gasteiger partial charge on any atom is 0.253 e. The van der Waals surface area contributed by atoms with Gasteiger partial charge >= 0.3 is 0 Å². The Kier molecular flexibility index (Phi) is 11.3. The summed E-state index contributed by atoms with van der Waals surface area (Å²) in [6.07, 6.45) is 7.02. The Balaban J connectivity index is 0.980. The number of piperidine rings is 3. The van der Waals surface area contributed by atoms with Crippen molar-refractivity contribution in [2.45, 2.75) is 83.5 Å². The Bertz CT molecular complexity index is 1850. The third kappa shape index (κ3) is 8.39. The van der Waals surface area contributed by atoms with Crippen LogP contribution >= 0.6 is 23.2 Å². The van der Waals surface area contributed by atoms with Crippen molar-refractivity contribution >= 4 is 46.4 Å². The summed E-state index contributed by atoms with van der Waals surface area (Å²) in [6.45, 7) is 7.40. The molecule has 0 spiro atoms. The lowest BCUT2D eigenvalue weighted by atomic mass is 9.83. The van der Waals surface area contributed by atoms with E-state index in [9.17, 15) is 14.4 Å². The second-order valence-electron chi connectivity index (χ2n) is 14.6. The molecule has 0 radical (unpaired) electrons. The molecule has 3 aromatic rings. The van der Waals surface area contributed by atoms with E-state index in [0.717, 1.165) is 66.0 Å². The lowest BCUT2D eigenvalue weighted by Gasteiger charge is -2.39. The maximum absolute atomic E-state index is 16.1. The number of carbonyl (C=O) groups is 2. The van der Waals surface area contributed by atoms with Gasteiger partial charge in [0.1, 0.15) is 17.5 Å². The van der Waals surface area contributed by atoms with Gasteiger partial charge in [-0.15, -0.1) is 0 Å². The fourth-order valence-corrected chi connectivity index (χ4v) is 8.34. The van der Waals surface area contributed by atoms with Crippen LogP contribution in [0.5, 0.6) is 5.75 Å². The van der Waals surface area contributed by atoms with Gasteiger partial charge in [0, 0.05) is 79.8 Å².